The number of nitrogens with one attached hydrogen (secondary N) is 1. The van der Waals surface area contributed by atoms with Crippen LogP contribution in [0.3, 0.4) is 0 Å². The van der Waals surface area contributed by atoms with Crippen LogP contribution >= 0.6 is 0 Å². The second kappa shape index (κ2) is 11.6. The van der Waals surface area contributed by atoms with Crippen molar-refractivity contribution in [1.82, 2.24) is 5.43 Å². The van der Waals surface area contributed by atoms with Crippen molar-refractivity contribution in [3.63, 3.8) is 0 Å². The molecule has 3 rings (SSSR count). The molecule has 1 N–H and O–H groups in total. The summed E-state index contributed by atoms with van der Waals surface area (Å²) >= 11 is 0. The van der Waals surface area contributed by atoms with E-state index < -0.39 is 11.9 Å². The molecule has 0 aliphatic carbocycles. The van der Waals surface area contributed by atoms with Gasteiger partial charge in [-0.05, 0) is 55.0 Å². The molecule has 0 heterocycles. The third-order valence-electron chi connectivity index (χ3n) is 4.98. The summed E-state index contributed by atoms with van der Waals surface area (Å²) in [6, 6.07) is 15.0. The molecule has 0 saturated heterocycles. The molecule has 9 nitrogen and oxygen atoms in total. The summed E-state index contributed by atoms with van der Waals surface area (Å²) in [7, 11) is 5.87. The molecule has 3 aromatic carbocycles. The number of methoxy groups -OCH3 is 4. The lowest BCUT2D eigenvalue weighted by molar-refractivity contribution is 0.0729. The van der Waals surface area contributed by atoms with E-state index in [1.165, 1.54) is 46.8 Å². The highest BCUT2D eigenvalue weighted by molar-refractivity contribution is 5.96. The number of rotatable bonds is 9. The fourth-order valence-corrected chi connectivity index (χ4v) is 3.14. The first-order chi connectivity index (χ1) is 16.9. The van der Waals surface area contributed by atoms with Gasteiger partial charge in [-0.3, -0.25) is 4.79 Å². The predicted molar refractivity (Wildman–Crippen MR) is 130 cm³/mol. The molecule has 0 atom stereocenters. The van der Waals surface area contributed by atoms with Gasteiger partial charge in [0.25, 0.3) is 5.91 Å². The van der Waals surface area contributed by atoms with Gasteiger partial charge in [0.2, 0.25) is 5.75 Å². The number of nitrogens with zero attached hydrogens (tertiary/aromatic N) is 1. The van der Waals surface area contributed by atoms with Crippen LogP contribution in [0, 0.1) is 6.92 Å². The molecule has 0 unspecified atom stereocenters. The van der Waals surface area contributed by atoms with Gasteiger partial charge in [-0.1, -0.05) is 17.7 Å². The van der Waals surface area contributed by atoms with E-state index >= 15 is 0 Å². The lowest BCUT2D eigenvalue weighted by Gasteiger charge is -2.13. The Hall–Kier alpha value is -4.53. The van der Waals surface area contributed by atoms with Crippen LogP contribution in [-0.4, -0.2) is 46.5 Å². The highest BCUT2D eigenvalue weighted by atomic mass is 16.6. The minimum atomic E-state index is -0.498. The van der Waals surface area contributed by atoms with Crippen LogP contribution in [-0.2, 0) is 0 Å². The number of carbonyl (C=O) groups is 2. The Kier molecular flexibility index (Phi) is 8.29. The third kappa shape index (κ3) is 6.08. The summed E-state index contributed by atoms with van der Waals surface area (Å²) < 4.78 is 26.6. The molecule has 0 radical (unpaired) electrons. The van der Waals surface area contributed by atoms with Gasteiger partial charge in [-0.25, -0.2) is 10.2 Å². The van der Waals surface area contributed by atoms with Crippen LogP contribution in [0.5, 0.6) is 28.7 Å². The Bertz CT molecular complexity index is 1210. The van der Waals surface area contributed by atoms with E-state index in [2.05, 4.69) is 10.5 Å². The fraction of sp³-hybridized carbons (Fsp3) is 0.192. The molecule has 182 valence electrons. The summed E-state index contributed by atoms with van der Waals surface area (Å²) in [4.78, 5) is 25.0. The molecule has 0 bridgehead atoms. The number of amides is 1. The van der Waals surface area contributed by atoms with E-state index in [0.29, 0.717) is 34.1 Å². The van der Waals surface area contributed by atoms with Crippen molar-refractivity contribution in [2.45, 2.75) is 6.92 Å². The van der Waals surface area contributed by atoms with Gasteiger partial charge >= 0.3 is 5.97 Å². The normalized spacial score (nSPS) is 10.5. The maximum Gasteiger partial charge on any atom is 0.343 e. The van der Waals surface area contributed by atoms with Crippen LogP contribution < -0.4 is 29.1 Å². The summed E-state index contributed by atoms with van der Waals surface area (Å²) in [5.41, 5.74) is 4.80. The number of aryl methyl sites for hydroxylation is 1. The summed E-state index contributed by atoms with van der Waals surface area (Å²) in [5.74, 6) is 0.703. The van der Waals surface area contributed by atoms with E-state index in [1.54, 1.807) is 30.3 Å². The van der Waals surface area contributed by atoms with Crippen molar-refractivity contribution >= 4 is 18.1 Å². The standard InChI is InChI=1S/C26H26N2O7/c1-16-6-9-18(10-7-16)26(30)35-20-11-8-17(12-21(20)31-2)15-27-28-25(29)19-13-22(32-3)24(34-5)23(14-19)33-4/h6-15H,1-5H3,(H,28,29)/b27-15+. The Balaban J connectivity index is 1.71. The molecule has 0 spiro atoms. The minimum Gasteiger partial charge on any atom is -0.493 e. The van der Waals surface area contributed by atoms with Gasteiger partial charge in [-0.15, -0.1) is 0 Å². The van der Waals surface area contributed by atoms with Crippen LogP contribution in [0.25, 0.3) is 0 Å². The van der Waals surface area contributed by atoms with E-state index in [-0.39, 0.29) is 11.3 Å². The lowest BCUT2D eigenvalue weighted by Crippen LogP contribution is -2.18. The van der Waals surface area contributed by atoms with Gasteiger partial charge in [0.05, 0.1) is 40.2 Å². The number of hydrogen-bond acceptors (Lipinski definition) is 8. The van der Waals surface area contributed by atoms with Gasteiger partial charge < -0.3 is 23.7 Å². The van der Waals surface area contributed by atoms with E-state index in [0.717, 1.165) is 5.56 Å². The number of esters is 1. The number of hydrogen-bond donors (Lipinski definition) is 1. The van der Waals surface area contributed by atoms with E-state index in [1.807, 2.05) is 19.1 Å². The monoisotopic (exact) mass is 478 g/mol. The van der Waals surface area contributed by atoms with Crippen molar-refractivity contribution in [1.29, 1.82) is 0 Å². The zero-order valence-electron chi connectivity index (χ0n) is 20.1. The molecule has 0 fully saturated rings. The molecule has 3 aromatic rings. The fourth-order valence-electron chi connectivity index (χ4n) is 3.14. The molecular formula is C26H26N2O7. The lowest BCUT2D eigenvalue weighted by atomic mass is 10.1. The summed E-state index contributed by atoms with van der Waals surface area (Å²) in [5, 5.41) is 3.99. The van der Waals surface area contributed by atoms with Crippen LogP contribution in [0.4, 0.5) is 0 Å². The number of ether oxygens (including phenoxy) is 5. The van der Waals surface area contributed by atoms with Crippen LogP contribution in [0.15, 0.2) is 59.7 Å². The van der Waals surface area contributed by atoms with E-state index in [9.17, 15) is 9.59 Å². The second-order valence-electron chi connectivity index (χ2n) is 7.28. The van der Waals surface area contributed by atoms with Crippen molar-refractivity contribution in [3.05, 3.63) is 76.9 Å². The first-order valence-electron chi connectivity index (χ1n) is 10.5. The molecule has 0 aromatic heterocycles. The zero-order chi connectivity index (χ0) is 25.4. The first kappa shape index (κ1) is 25.1. The average Bonchev–Trinajstić information content (AvgIpc) is 2.88. The van der Waals surface area contributed by atoms with Gasteiger partial charge in [0.1, 0.15) is 0 Å². The maximum atomic E-state index is 12.6. The summed E-state index contributed by atoms with van der Waals surface area (Å²) in [6.45, 7) is 1.94. The quantitative estimate of drug-likeness (QED) is 0.214. The smallest absolute Gasteiger partial charge is 0.343 e. The molecule has 0 aliphatic heterocycles. The Labute approximate surface area is 203 Å². The molecule has 9 heteroatoms. The highest BCUT2D eigenvalue weighted by Gasteiger charge is 2.17. The third-order valence-corrected chi connectivity index (χ3v) is 4.98. The Morgan fingerprint density at radius 2 is 1.37 bits per heavy atom. The minimum absolute atomic E-state index is 0.261. The predicted octanol–water partition coefficient (Wildman–Crippen LogP) is 4.01. The molecular weight excluding hydrogens is 452 g/mol. The van der Waals surface area contributed by atoms with Crippen molar-refractivity contribution in [3.8, 4) is 28.7 Å². The maximum absolute atomic E-state index is 12.6. The van der Waals surface area contributed by atoms with Gasteiger partial charge in [-0.2, -0.15) is 5.10 Å². The number of hydrazone groups is 1. The average molecular weight is 479 g/mol. The largest absolute Gasteiger partial charge is 0.493 e. The number of carbonyl (C=O) groups excluding carboxylic acids is 2. The van der Waals surface area contributed by atoms with E-state index in [4.69, 9.17) is 23.7 Å². The topological polar surface area (TPSA) is 105 Å². The molecule has 1 amide bonds. The summed E-state index contributed by atoms with van der Waals surface area (Å²) in [6.07, 6.45) is 1.43. The van der Waals surface area contributed by atoms with Crippen LogP contribution in [0.1, 0.15) is 31.8 Å². The Morgan fingerprint density at radius 1 is 0.743 bits per heavy atom. The molecule has 35 heavy (non-hydrogen) atoms. The Morgan fingerprint density at radius 3 is 1.94 bits per heavy atom. The zero-order valence-corrected chi connectivity index (χ0v) is 20.1. The van der Waals surface area contributed by atoms with Crippen molar-refractivity contribution < 1.29 is 33.3 Å². The number of benzene rings is 3. The van der Waals surface area contributed by atoms with Crippen molar-refractivity contribution in [2.75, 3.05) is 28.4 Å². The SMILES string of the molecule is COc1cc(/C=N/NC(=O)c2cc(OC)c(OC)c(OC)c2)ccc1OC(=O)c1ccc(C)cc1. The first-order valence-corrected chi connectivity index (χ1v) is 10.5. The van der Waals surface area contributed by atoms with Gasteiger partial charge in [0.15, 0.2) is 23.0 Å². The molecule has 0 saturated carbocycles. The van der Waals surface area contributed by atoms with Crippen molar-refractivity contribution in [2.24, 2.45) is 5.10 Å². The highest BCUT2D eigenvalue weighted by Crippen LogP contribution is 2.38. The second-order valence-corrected chi connectivity index (χ2v) is 7.28. The van der Waals surface area contributed by atoms with Gasteiger partial charge in [0, 0.05) is 5.56 Å². The molecule has 0 aliphatic rings. The van der Waals surface area contributed by atoms with Crippen LogP contribution in [0.2, 0.25) is 0 Å².